The van der Waals surface area contributed by atoms with Gasteiger partial charge in [0.25, 0.3) is 0 Å². The molecule has 2 aromatic heterocycles. The van der Waals surface area contributed by atoms with E-state index in [1.54, 1.807) is 23.1 Å². The van der Waals surface area contributed by atoms with E-state index in [9.17, 15) is 0 Å². The Morgan fingerprint density at radius 1 is 1.10 bits per heavy atom. The van der Waals surface area contributed by atoms with Gasteiger partial charge in [-0.1, -0.05) is 59.8 Å². The summed E-state index contributed by atoms with van der Waals surface area (Å²) in [6.07, 6.45) is -0.199. The zero-order chi connectivity index (χ0) is 20.2. The van der Waals surface area contributed by atoms with Crippen LogP contribution in [0, 0.1) is 0 Å². The van der Waals surface area contributed by atoms with Gasteiger partial charge in [-0.05, 0) is 25.1 Å². The fourth-order valence-electron chi connectivity index (χ4n) is 2.83. The molecular formula is C21H19ClN4OS2. The van der Waals surface area contributed by atoms with Gasteiger partial charge in [-0.2, -0.15) is 0 Å². The lowest BCUT2D eigenvalue weighted by Crippen LogP contribution is -2.10. The number of halogens is 1. The summed E-state index contributed by atoms with van der Waals surface area (Å²) in [5.74, 6) is 2.30. The number of benzene rings is 2. The van der Waals surface area contributed by atoms with Crippen molar-refractivity contribution < 1.29 is 4.74 Å². The average Bonchev–Trinajstić information content (AvgIpc) is 3.34. The largest absolute Gasteiger partial charge is 0.483 e. The first-order valence-electron chi connectivity index (χ1n) is 9.05. The molecule has 0 aliphatic heterocycles. The molecule has 5 nitrogen and oxygen atoms in total. The van der Waals surface area contributed by atoms with Crippen LogP contribution in [0.2, 0.25) is 5.02 Å². The van der Waals surface area contributed by atoms with Crippen molar-refractivity contribution in [2.45, 2.75) is 23.9 Å². The second-order valence-electron chi connectivity index (χ2n) is 6.39. The lowest BCUT2D eigenvalue weighted by molar-refractivity contribution is 0.211. The van der Waals surface area contributed by atoms with E-state index >= 15 is 0 Å². The Labute approximate surface area is 182 Å². The van der Waals surface area contributed by atoms with Gasteiger partial charge < -0.3 is 9.30 Å². The first kappa shape index (κ1) is 19.9. The summed E-state index contributed by atoms with van der Waals surface area (Å²) in [4.78, 5) is 4.71. The molecule has 148 valence electrons. The number of rotatable bonds is 7. The van der Waals surface area contributed by atoms with Crippen molar-refractivity contribution in [3.05, 3.63) is 76.5 Å². The Balaban J connectivity index is 1.42. The van der Waals surface area contributed by atoms with Crippen LogP contribution in [0.1, 0.15) is 24.5 Å². The maximum absolute atomic E-state index is 6.28. The highest BCUT2D eigenvalue weighted by Crippen LogP contribution is 2.32. The minimum Gasteiger partial charge on any atom is -0.483 e. The zero-order valence-electron chi connectivity index (χ0n) is 15.9. The van der Waals surface area contributed by atoms with Crippen molar-refractivity contribution in [2.24, 2.45) is 7.05 Å². The molecule has 4 rings (SSSR count). The van der Waals surface area contributed by atoms with Crippen LogP contribution in [0.4, 0.5) is 0 Å². The molecule has 0 aliphatic carbocycles. The molecule has 2 aromatic carbocycles. The smallest absolute Gasteiger partial charge is 0.191 e. The molecule has 29 heavy (non-hydrogen) atoms. The van der Waals surface area contributed by atoms with Crippen molar-refractivity contribution in [3.8, 4) is 16.3 Å². The van der Waals surface area contributed by atoms with E-state index in [4.69, 9.17) is 21.3 Å². The molecule has 4 aromatic rings. The van der Waals surface area contributed by atoms with E-state index in [2.05, 4.69) is 15.6 Å². The Bertz CT molecular complexity index is 1100. The van der Waals surface area contributed by atoms with Crippen molar-refractivity contribution in [1.82, 2.24) is 19.7 Å². The fourth-order valence-corrected chi connectivity index (χ4v) is 4.89. The molecule has 1 unspecified atom stereocenters. The van der Waals surface area contributed by atoms with Crippen LogP contribution in [0.5, 0.6) is 5.75 Å². The third kappa shape index (κ3) is 4.63. The monoisotopic (exact) mass is 442 g/mol. The summed E-state index contributed by atoms with van der Waals surface area (Å²) < 4.78 is 7.94. The predicted molar refractivity (Wildman–Crippen MR) is 119 cm³/mol. The predicted octanol–water partition coefficient (Wildman–Crippen LogP) is 6.02. The minimum absolute atomic E-state index is 0.199. The van der Waals surface area contributed by atoms with E-state index in [-0.39, 0.29) is 6.10 Å². The van der Waals surface area contributed by atoms with Crippen LogP contribution in [-0.4, -0.2) is 19.7 Å². The molecule has 0 saturated carbocycles. The molecule has 0 amide bonds. The van der Waals surface area contributed by atoms with Crippen LogP contribution in [0.15, 0.2) is 65.1 Å². The molecule has 0 aliphatic rings. The number of thiazole rings is 1. The number of aromatic nitrogens is 4. The van der Waals surface area contributed by atoms with Crippen LogP contribution in [-0.2, 0) is 12.8 Å². The summed E-state index contributed by atoms with van der Waals surface area (Å²) in [6.45, 7) is 1.97. The molecular weight excluding hydrogens is 424 g/mol. The normalized spacial score (nSPS) is 12.1. The quantitative estimate of drug-likeness (QED) is 0.327. The van der Waals surface area contributed by atoms with Crippen molar-refractivity contribution in [2.75, 3.05) is 0 Å². The summed E-state index contributed by atoms with van der Waals surface area (Å²) in [6, 6.07) is 17.5. The van der Waals surface area contributed by atoms with Crippen LogP contribution >= 0.6 is 34.7 Å². The molecule has 0 radical (unpaired) electrons. The van der Waals surface area contributed by atoms with Crippen molar-refractivity contribution in [3.63, 3.8) is 0 Å². The van der Waals surface area contributed by atoms with Crippen LogP contribution < -0.4 is 4.74 Å². The molecule has 0 fully saturated rings. The van der Waals surface area contributed by atoms with E-state index in [1.807, 2.05) is 73.1 Å². The van der Waals surface area contributed by atoms with Gasteiger partial charge in [0.2, 0.25) is 0 Å². The number of nitrogens with zero attached hydrogens (tertiary/aromatic N) is 4. The molecule has 0 spiro atoms. The molecule has 2 heterocycles. The van der Waals surface area contributed by atoms with Gasteiger partial charge in [0.1, 0.15) is 10.8 Å². The third-order valence-corrected chi connectivity index (χ3v) is 6.60. The highest BCUT2D eigenvalue weighted by molar-refractivity contribution is 7.98. The van der Waals surface area contributed by atoms with Gasteiger partial charge in [-0.3, -0.25) is 0 Å². The van der Waals surface area contributed by atoms with E-state index in [0.29, 0.717) is 10.8 Å². The molecule has 0 bridgehead atoms. The standard InChI is InChI=1S/C21H19ClN4OS2/c1-14(27-16-8-4-3-5-9-16)19-24-25-21(26(19)2)29-13-15-12-28-20(23-15)17-10-6-7-11-18(17)22/h3-12,14H,13H2,1-2H3. The molecule has 1 atom stereocenters. The maximum Gasteiger partial charge on any atom is 0.191 e. The SMILES string of the molecule is CC(Oc1ccccc1)c1nnc(SCc2csc(-c3ccccc3Cl)n2)n1C. The highest BCUT2D eigenvalue weighted by Gasteiger charge is 2.18. The van der Waals surface area contributed by atoms with E-state index in [0.717, 1.165) is 33.0 Å². The number of para-hydroxylation sites is 1. The molecule has 0 saturated heterocycles. The maximum atomic E-state index is 6.28. The second kappa shape index (κ2) is 8.98. The van der Waals surface area contributed by atoms with Gasteiger partial charge in [0.05, 0.1) is 10.7 Å². The molecule has 0 N–H and O–H groups in total. The summed E-state index contributed by atoms with van der Waals surface area (Å²) in [5.41, 5.74) is 1.95. The third-order valence-electron chi connectivity index (χ3n) is 4.29. The number of hydrogen-bond donors (Lipinski definition) is 0. The first-order chi connectivity index (χ1) is 14.1. The van der Waals surface area contributed by atoms with Crippen LogP contribution in [0.25, 0.3) is 10.6 Å². The van der Waals surface area contributed by atoms with E-state index in [1.165, 1.54) is 0 Å². The average molecular weight is 443 g/mol. The van der Waals surface area contributed by atoms with Gasteiger partial charge in [-0.25, -0.2) is 4.98 Å². The van der Waals surface area contributed by atoms with Crippen molar-refractivity contribution in [1.29, 1.82) is 0 Å². The fraction of sp³-hybridized carbons (Fsp3) is 0.190. The Hall–Kier alpha value is -2.35. The van der Waals surface area contributed by atoms with E-state index < -0.39 is 0 Å². The Morgan fingerprint density at radius 2 is 1.86 bits per heavy atom. The van der Waals surface area contributed by atoms with Gasteiger partial charge in [-0.15, -0.1) is 21.5 Å². The number of ether oxygens (including phenoxy) is 1. The number of hydrogen-bond acceptors (Lipinski definition) is 6. The summed E-state index contributed by atoms with van der Waals surface area (Å²) in [5, 5.41) is 13.2. The number of thioether (sulfide) groups is 1. The summed E-state index contributed by atoms with van der Waals surface area (Å²) >= 11 is 9.48. The minimum atomic E-state index is -0.199. The molecule has 8 heteroatoms. The lowest BCUT2D eigenvalue weighted by Gasteiger charge is -2.14. The van der Waals surface area contributed by atoms with Gasteiger partial charge in [0.15, 0.2) is 17.1 Å². The van der Waals surface area contributed by atoms with Gasteiger partial charge in [0, 0.05) is 23.7 Å². The topological polar surface area (TPSA) is 52.8 Å². The second-order valence-corrected chi connectivity index (χ2v) is 8.59. The lowest BCUT2D eigenvalue weighted by atomic mass is 10.2. The van der Waals surface area contributed by atoms with Crippen molar-refractivity contribution >= 4 is 34.7 Å². The zero-order valence-corrected chi connectivity index (χ0v) is 18.3. The highest BCUT2D eigenvalue weighted by atomic mass is 35.5. The Kier molecular flexibility index (Phi) is 6.18. The Morgan fingerprint density at radius 3 is 2.66 bits per heavy atom. The van der Waals surface area contributed by atoms with Crippen LogP contribution in [0.3, 0.4) is 0 Å². The summed E-state index contributed by atoms with van der Waals surface area (Å²) in [7, 11) is 1.96. The van der Waals surface area contributed by atoms with Gasteiger partial charge >= 0.3 is 0 Å². The first-order valence-corrected chi connectivity index (χ1v) is 11.3.